The third-order valence-electron chi connectivity index (χ3n) is 1.44. The van der Waals surface area contributed by atoms with Crippen LogP contribution < -0.4 is 0 Å². The van der Waals surface area contributed by atoms with E-state index in [1.807, 2.05) is 19.1 Å². The van der Waals surface area contributed by atoms with E-state index >= 15 is 0 Å². The van der Waals surface area contributed by atoms with Crippen molar-refractivity contribution < 1.29 is 9.47 Å². The Balaban J connectivity index is 3.03. The Labute approximate surface area is 69.7 Å². The summed E-state index contributed by atoms with van der Waals surface area (Å²) in [4.78, 5) is 3.45. The van der Waals surface area contributed by atoms with Crippen LogP contribution in [0.5, 0.6) is 0 Å². The first-order valence-electron chi connectivity index (χ1n) is 3.14. The highest BCUT2D eigenvalue weighted by Gasteiger charge is 2.04. The Morgan fingerprint density at radius 2 is 2.09 bits per heavy atom. The summed E-state index contributed by atoms with van der Waals surface area (Å²) in [5.74, 6) is 0. The molecule has 0 fully saturated rings. The number of aryl methyl sites for hydroxylation is 1. The summed E-state index contributed by atoms with van der Waals surface area (Å²) in [6.07, 6.45) is 0. The minimum atomic E-state index is -0.108. The molecule has 0 spiro atoms. The van der Waals surface area contributed by atoms with E-state index in [4.69, 9.17) is 0 Å². The van der Waals surface area contributed by atoms with E-state index in [1.165, 1.54) is 0 Å². The molecule has 58 valence electrons. The van der Waals surface area contributed by atoms with Crippen LogP contribution in [-0.4, -0.2) is 5.05 Å². The van der Waals surface area contributed by atoms with Crippen molar-refractivity contribution in [2.75, 3.05) is 0 Å². The molecule has 0 aliphatic rings. The predicted molar refractivity (Wildman–Crippen MR) is 45.1 cm³/mol. The van der Waals surface area contributed by atoms with Gasteiger partial charge < -0.3 is 0 Å². The summed E-state index contributed by atoms with van der Waals surface area (Å²) in [5.41, 5.74) is 1.54. The molecule has 0 radical (unpaired) electrons. The average Bonchev–Trinajstić information content (AvgIpc) is 2.04. The number of thiocarbonyl (C=S) groups is 1. The van der Waals surface area contributed by atoms with Crippen molar-refractivity contribution in [3.05, 3.63) is 35.4 Å². The van der Waals surface area contributed by atoms with Crippen LogP contribution in [0.25, 0.3) is 0 Å². The molecule has 0 aliphatic heterocycles. The number of benzene rings is 1. The SMILES string of the molecule is Cc1ccccc1C(=S)OF. The molecule has 0 aromatic heterocycles. The summed E-state index contributed by atoms with van der Waals surface area (Å²) in [5, 5.41) is -0.108. The van der Waals surface area contributed by atoms with E-state index in [0.29, 0.717) is 5.56 Å². The van der Waals surface area contributed by atoms with Gasteiger partial charge in [-0.15, -0.1) is 0 Å². The molecule has 3 heteroatoms. The maximum absolute atomic E-state index is 11.6. The zero-order chi connectivity index (χ0) is 8.27. The van der Waals surface area contributed by atoms with Gasteiger partial charge in [-0.25, -0.2) is 0 Å². The fourth-order valence-corrected chi connectivity index (χ4v) is 1.07. The lowest BCUT2D eigenvalue weighted by Crippen LogP contribution is -1.98. The second-order valence-corrected chi connectivity index (χ2v) is 2.55. The zero-order valence-electron chi connectivity index (χ0n) is 6.00. The molecule has 0 saturated heterocycles. The molecule has 0 heterocycles. The molecule has 0 unspecified atom stereocenters. The Hall–Kier alpha value is -0.960. The van der Waals surface area contributed by atoms with Crippen molar-refractivity contribution in [3.8, 4) is 0 Å². The van der Waals surface area contributed by atoms with Crippen molar-refractivity contribution in [3.63, 3.8) is 0 Å². The standard InChI is InChI=1S/C8H7FOS/c1-6-4-2-3-5-7(6)8(11)10-9/h2-5H,1H3. The summed E-state index contributed by atoms with van der Waals surface area (Å²) >= 11 is 4.61. The second kappa shape index (κ2) is 3.44. The van der Waals surface area contributed by atoms with Crippen LogP contribution in [0.1, 0.15) is 11.1 Å². The number of hydrogen-bond acceptors (Lipinski definition) is 2. The molecule has 1 rings (SSSR count). The molecule has 0 amide bonds. The van der Waals surface area contributed by atoms with Gasteiger partial charge >= 0.3 is 0 Å². The number of halogens is 1. The summed E-state index contributed by atoms with van der Waals surface area (Å²) in [6, 6.07) is 7.21. The molecule has 0 saturated carbocycles. The van der Waals surface area contributed by atoms with Crippen LogP contribution in [0.15, 0.2) is 24.3 Å². The van der Waals surface area contributed by atoms with Crippen molar-refractivity contribution in [2.45, 2.75) is 6.92 Å². The van der Waals surface area contributed by atoms with Crippen molar-refractivity contribution in [2.24, 2.45) is 0 Å². The van der Waals surface area contributed by atoms with Gasteiger partial charge in [0.15, 0.2) is 0 Å². The van der Waals surface area contributed by atoms with Crippen LogP contribution >= 0.6 is 12.2 Å². The molecule has 0 aliphatic carbocycles. The topological polar surface area (TPSA) is 9.23 Å². The van der Waals surface area contributed by atoms with E-state index in [9.17, 15) is 4.53 Å². The highest BCUT2D eigenvalue weighted by atomic mass is 32.1. The van der Waals surface area contributed by atoms with E-state index in [2.05, 4.69) is 17.2 Å². The quantitative estimate of drug-likeness (QED) is 0.599. The maximum atomic E-state index is 11.6. The number of hydrogen-bond donors (Lipinski definition) is 0. The normalized spacial score (nSPS) is 9.27. The first kappa shape index (κ1) is 8.14. The van der Waals surface area contributed by atoms with Crippen LogP contribution in [-0.2, 0) is 4.94 Å². The molecular weight excluding hydrogens is 163 g/mol. The fourth-order valence-electron chi connectivity index (χ4n) is 0.843. The second-order valence-electron chi connectivity index (χ2n) is 2.18. The molecule has 0 bridgehead atoms. The summed E-state index contributed by atoms with van der Waals surface area (Å²) < 4.78 is 11.6. The minimum absolute atomic E-state index is 0.108. The van der Waals surface area contributed by atoms with Crippen LogP contribution in [0.3, 0.4) is 0 Å². The van der Waals surface area contributed by atoms with Crippen molar-refractivity contribution in [1.29, 1.82) is 0 Å². The Kier molecular flexibility index (Phi) is 2.54. The molecule has 1 aromatic rings. The fraction of sp³-hybridized carbons (Fsp3) is 0.125. The number of rotatable bonds is 1. The van der Waals surface area contributed by atoms with Gasteiger partial charge in [0.1, 0.15) is 0 Å². The largest absolute Gasteiger partial charge is 0.282 e. The summed E-state index contributed by atoms with van der Waals surface area (Å²) in [6.45, 7) is 1.85. The zero-order valence-corrected chi connectivity index (χ0v) is 6.82. The predicted octanol–water partition coefficient (Wildman–Crippen LogP) is 2.57. The summed E-state index contributed by atoms with van der Waals surface area (Å²) in [7, 11) is 0. The van der Waals surface area contributed by atoms with E-state index in [-0.39, 0.29) is 5.05 Å². The molecule has 1 nitrogen and oxygen atoms in total. The van der Waals surface area contributed by atoms with Gasteiger partial charge in [0.25, 0.3) is 0 Å². The molecule has 11 heavy (non-hydrogen) atoms. The third-order valence-corrected chi connectivity index (χ3v) is 1.72. The lowest BCUT2D eigenvalue weighted by molar-refractivity contribution is -0.0182. The highest BCUT2D eigenvalue weighted by molar-refractivity contribution is 7.80. The van der Waals surface area contributed by atoms with Gasteiger partial charge in [0, 0.05) is 10.1 Å². The van der Waals surface area contributed by atoms with Crippen molar-refractivity contribution in [1.82, 2.24) is 0 Å². The van der Waals surface area contributed by atoms with Crippen LogP contribution in [0.2, 0.25) is 0 Å². The molecule has 1 aromatic carbocycles. The van der Waals surface area contributed by atoms with Gasteiger partial charge in [-0.05, 0) is 30.8 Å². The van der Waals surface area contributed by atoms with Crippen molar-refractivity contribution >= 4 is 17.3 Å². The Morgan fingerprint density at radius 1 is 1.45 bits per heavy atom. The van der Waals surface area contributed by atoms with E-state index < -0.39 is 0 Å². The van der Waals surface area contributed by atoms with Crippen LogP contribution in [0, 0.1) is 6.92 Å². The smallest absolute Gasteiger partial charge is 0.242 e. The van der Waals surface area contributed by atoms with Gasteiger partial charge in [0.2, 0.25) is 5.05 Å². The lowest BCUT2D eigenvalue weighted by atomic mass is 10.1. The first-order valence-corrected chi connectivity index (χ1v) is 3.55. The van der Waals surface area contributed by atoms with E-state index in [0.717, 1.165) is 5.56 Å². The lowest BCUT2D eigenvalue weighted by Gasteiger charge is -2.00. The van der Waals surface area contributed by atoms with Gasteiger partial charge in [0.05, 0.1) is 0 Å². The first-order chi connectivity index (χ1) is 5.25. The van der Waals surface area contributed by atoms with Gasteiger partial charge in [-0.3, -0.25) is 4.94 Å². The maximum Gasteiger partial charge on any atom is 0.242 e. The van der Waals surface area contributed by atoms with Crippen LogP contribution in [0.4, 0.5) is 4.53 Å². The molecule has 0 atom stereocenters. The monoisotopic (exact) mass is 170 g/mol. The van der Waals surface area contributed by atoms with Gasteiger partial charge in [-0.2, -0.15) is 0 Å². The van der Waals surface area contributed by atoms with Gasteiger partial charge in [-0.1, -0.05) is 18.2 Å². The minimum Gasteiger partial charge on any atom is -0.282 e. The third kappa shape index (κ3) is 1.74. The molecule has 0 N–H and O–H groups in total. The highest BCUT2D eigenvalue weighted by Crippen LogP contribution is 2.09. The Morgan fingerprint density at radius 3 is 2.64 bits per heavy atom. The van der Waals surface area contributed by atoms with E-state index in [1.54, 1.807) is 12.1 Å². The Bertz CT molecular complexity index is 273. The molecular formula is C8H7FOS. The average molecular weight is 170 g/mol.